The number of sulfonamides is 1. The van der Waals surface area contributed by atoms with Crippen LogP contribution in [0.1, 0.15) is 19.4 Å². The number of ether oxygens (including phenoxy) is 1. The van der Waals surface area contributed by atoms with Crippen molar-refractivity contribution in [1.82, 2.24) is 4.31 Å². The second-order valence-electron chi connectivity index (χ2n) is 5.21. The van der Waals surface area contributed by atoms with Gasteiger partial charge in [-0.15, -0.1) is 0 Å². The lowest BCUT2D eigenvalue weighted by Gasteiger charge is -2.24. The van der Waals surface area contributed by atoms with Gasteiger partial charge in [0.2, 0.25) is 10.0 Å². The Balaban J connectivity index is 3.14. The van der Waals surface area contributed by atoms with Gasteiger partial charge in [-0.05, 0) is 24.1 Å². The van der Waals surface area contributed by atoms with Crippen molar-refractivity contribution in [1.29, 1.82) is 0 Å². The van der Waals surface area contributed by atoms with Crippen molar-refractivity contribution in [3.63, 3.8) is 0 Å². The topological polar surface area (TPSA) is 72.6 Å². The van der Waals surface area contributed by atoms with Gasteiger partial charge in [0.1, 0.15) is 5.82 Å². The van der Waals surface area contributed by atoms with Crippen LogP contribution in [0.2, 0.25) is 0 Å². The summed E-state index contributed by atoms with van der Waals surface area (Å²) < 4.78 is 45.1. The van der Waals surface area contributed by atoms with Gasteiger partial charge in [0.15, 0.2) is 0 Å². The van der Waals surface area contributed by atoms with Crippen molar-refractivity contribution < 1.29 is 17.5 Å². The molecule has 1 rings (SSSR count). The molecule has 120 valence electrons. The Kier molecular flexibility index (Phi) is 6.73. The molecule has 0 aromatic heterocycles. The molecule has 7 heteroatoms. The maximum atomic E-state index is 13.5. The first-order valence-electron chi connectivity index (χ1n) is 6.80. The van der Waals surface area contributed by atoms with Gasteiger partial charge in [0, 0.05) is 32.3 Å². The first-order valence-corrected chi connectivity index (χ1v) is 8.24. The number of methoxy groups -OCH3 is 1. The van der Waals surface area contributed by atoms with E-state index in [1.165, 1.54) is 23.5 Å². The predicted molar refractivity (Wildman–Crippen MR) is 79.8 cm³/mol. The molecular formula is C14H23FN2O3S. The third kappa shape index (κ3) is 4.74. The Hall–Kier alpha value is -1.02. The maximum absolute atomic E-state index is 13.5. The second kappa shape index (κ2) is 7.84. The molecule has 0 heterocycles. The number of hydrogen-bond donors (Lipinski definition) is 1. The lowest BCUT2D eigenvalue weighted by Crippen LogP contribution is -2.36. The smallest absolute Gasteiger partial charge is 0.243 e. The molecule has 0 aliphatic carbocycles. The minimum absolute atomic E-state index is 0.0442. The molecule has 0 fully saturated rings. The van der Waals surface area contributed by atoms with Crippen LogP contribution in [0, 0.1) is 11.7 Å². The summed E-state index contributed by atoms with van der Waals surface area (Å²) in [5.74, 6) is -0.324. The van der Waals surface area contributed by atoms with Gasteiger partial charge in [0.25, 0.3) is 0 Å². The zero-order valence-electron chi connectivity index (χ0n) is 12.7. The van der Waals surface area contributed by atoms with Crippen LogP contribution in [0.25, 0.3) is 0 Å². The molecule has 0 radical (unpaired) electrons. The van der Waals surface area contributed by atoms with Crippen molar-refractivity contribution in [3.8, 4) is 0 Å². The molecule has 2 N–H and O–H groups in total. The molecule has 1 aromatic carbocycles. The third-order valence-corrected chi connectivity index (χ3v) is 4.85. The quantitative estimate of drug-likeness (QED) is 0.790. The molecule has 0 saturated heterocycles. The summed E-state index contributed by atoms with van der Waals surface area (Å²) in [4.78, 5) is 0.0566. The standard InChI is InChI=1S/C14H23FN2O3S/c1-11(2)10-17(6-7-20-3)21(18,19)13-4-5-14(15)12(8-13)9-16/h4-5,8,11H,6-7,9-10,16H2,1-3H3. The van der Waals surface area contributed by atoms with Crippen LogP contribution in [0.5, 0.6) is 0 Å². The summed E-state index contributed by atoms with van der Waals surface area (Å²) in [5, 5.41) is 0. The average molecular weight is 318 g/mol. The number of rotatable bonds is 8. The van der Waals surface area contributed by atoms with Gasteiger partial charge in [-0.25, -0.2) is 12.8 Å². The van der Waals surface area contributed by atoms with Gasteiger partial charge in [-0.3, -0.25) is 0 Å². The van der Waals surface area contributed by atoms with E-state index in [2.05, 4.69) is 0 Å². The Morgan fingerprint density at radius 2 is 2.05 bits per heavy atom. The summed E-state index contributed by atoms with van der Waals surface area (Å²) in [6, 6.07) is 3.70. The number of nitrogens with two attached hydrogens (primary N) is 1. The van der Waals surface area contributed by atoms with E-state index in [-0.39, 0.29) is 29.5 Å². The first kappa shape index (κ1) is 18.0. The van der Waals surface area contributed by atoms with Crippen LogP contribution >= 0.6 is 0 Å². The van der Waals surface area contributed by atoms with E-state index in [1.54, 1.807) is 0 Å². The van der Waals surface area contributed by atoms with Gasteiger partial charge in [0.05, 0.1) is 11.5 Å². The third-order valence-electron chi connectivity index (χ3n) is 2.99. The van der Waals surface area contributed by atoms with Gasteiger partial charge in [-0.1, -0.05) is 13.8 Å². The van der Waals surface area contributed by atoms with E-state index in [4.69, 9.17) is 10.5 Å². The molecule has 5 nitrogen and oxygen atoms in total. The number of benzene rings is 1. The van der Waals surface area contributed by atoms with Crippen molar-refractivity contribution in [2.24, 2.45) is 11.7 Å². The summed E-state index contributed by atoms with van der Waals surface area (Å²) in [6.07, 6.45) is 0. The normalized spacial score (nSPS) is 12.3. The highest BCUT2D eigenvalue weighted by Crippen LogP contribution is 2.20. The van der Waals surface area contributed by atoms with E-state index in [1.807, 2.05) is 13.8 Å². The van der Waals surface area contributed by atoms with Crippen LogP contribution in [0.4, 0.5) is 4.39 Å². The molecule has 1 aromatic rings. The highest BCUT2D eigenvalue weighted by atomic mass is 32.2. The van der Waals surface area contributed by atoms with Crippen LogP contribution in [-0.4, -0.2) is 39.5 Å². The molecule has 0 aliphatic rings. The van der Waals surface area contributed by atoms with Gasteiger partial charge in [-0.2, -0.15) is 4.31 Å². The van der Waals surface area contributed by atoms with Gasteiger partial charge >= 0.3 is 0 Å². The Bertz CT molecular complexity index is 561. The Morgan fingerprint density at radius 3 is 2.57 bits per heavy atom. The molecule has 0 bridgehead atoms. The minimum atomic E-state index is -3.69. The minimum Gasteiger partial charge on any atom is -0.383 e. The lowest BCUT2D eigenvalue weighted by molar-refractivity contribution is 0.175. The summed E-state index contributed by atoms with van der Waals surface area (Å²) in [6.45, 7) is 4.76. The van der Waals surface area contributed by atoms with Crippen LogP contribution in [-0.2, 0) is 21.3 Å². The molecule has 0 amide bonds. The molecule has 0 aliphatic heterocycles. The molecule has 0 atom stereocenters. The largest absolute Gasteiger partial charge is 0.383 e. The Morgan fingerprint density at radius 1 is 1.38 bits per heavy atom. The molecular weight excluding hydrogens is 295 g/mol. The van der Waals surface area contributed by atoms with E-state index >= 15 is 0 Å². The van der Waals surface area contributed by atoms with Crippen molar-refractivity contribution in [2.75, 3.05) is 26.8 Å². The number of hydrogen-bond acceptors (Lipinski definition) is 4. The Labute approximate surface area is 125 Å². The zero-order chi connectivity index (χ0) is 16.0. The maximum Gasteiger partial charge on any atom is 0.243 e. The van der Waals surface area contributed by atoms with Crippen molar-refractivity contribution in [3.05, 3.63) is 29.6 Å². The molecule has 0 unspecified atom stereocenters. The van der Waals surface area contributed by atoms with E-state index in [9.17, 15) is 12.8 Å². The SMILES string of the molecule is COCCN(CC(C)C)S(=O)(=O)c1ccc(F)c(CN)c1. The predicted octanol–water partition coefficient (Wildman–Crippen LogP) is 1.58. The lowest BCUT2D eigenvalue weighted by atomic mass is 10.2. The summed E-state index contributed by atoms with van der Waals surface area (Å²) in [5.41, 5.74) is 5.62. The van der Waals surface area contributed by atoms with Crippen LogP contribution in [0.3, 0.4) is 0 Å². The number of nitrogens with zero attached hydrogens (tertiary/aromatic N) is 1. The fourth-order valence-electron chi connectivity index (χ4n) is 1.93. The van der Waals surface area contributed by atoms with Crippen molar-refractivity contribution >= 4 is 10.0 Å². The van der Waals surface area contributed by atoms with Crippen LogP contribution in [0.15, 0.2) is 23.1 Å². The average Bonchev–Trinajstić information content (AvgIpc) is 2.43. The monoisotopic (exact) mass is 318 g/mol. The van der Waals surface area contributed by atoms with E-state index in [0.717, 1.165) is 6.07 Å². The second-order valence-corrected chi connectivity index (χ2v) is 7.14. The fraction of sp³-hybridized carbons (Fsp3) is 0.571. The fourth-order valence-corrected chi connectivity index (χ4v) is 3.57. The van der Waals surface area contributed by atoms with Crippen molar-refractivity contribution in [2.45, 2.75) is 25.3 Å². The molecule has 0 spiro atoms. The first-order chi connectivity index (χ1) is 9.82. The van der Waals surface area contributed by atoms with Crippen LogP contribution < -0.4 is 5.73 Å². The summed E-state index contributed by atoms with van der Waals surface area (Å²) in [7, 11) is -2.17. The zero-order valence-corrected chi connectivity index (χ0v) is 13.5. The highest BCUT2D eigenvalue weighted by molar-refractivity contribution is 7.89. The number of halogens is 1. The molecule has 21 heavy (non-hydrogen) atoms. The van der Waals surface area contributed by atoms with Gasteiger partial charge < -0.3 is 10.5 Å². The highest BCUT2D eigenvalue weighted by Gasteiger charge is 2.25. The van der Waals surface area contributed by atoms with E-state index < -0.39 is 15.8 Å². The summed E-state index contributed by atoms with van der Waals surface area (Å²) >= 11 is 0. The van der Waals surface area contributed by atoms with E-state index in [0.29, 0.717) is 13.2 Å². The molecule has 0 saturated carbocycles.